The number of hydrogen-bond donors (Lipinski definition) is 1. The minimum Gasteiger partial charge on any atom is -0.375 e. The summed E-state index contributed by atoms with van der Waals surface area (Å²) in [5.74, 6) is 0. The maximum Gasteiger partial charge on any atom is 0.292 e. The number of anilines is 1. The average Bonchev–Trinajstić information content (AvgIpc) is 2.45. The monoisotopic (exact) mass is 287 g/mol. The number of hydrogen-bond acceptors (Lipinski definition) is 5. The van der Waals surface area contributed by atoms with Gasteiger partial charge in [0.25, 0.3) is 11.4 Å². The van der Waals surface area contributed by atoms with E-state index in [1.54, 1.807) is 24.3 Å². The molecule has 0 amide bonds. The molecule has 2 aromatic carbocycles. The van der Waals surface area contributed by atoms with E-state index in [0.717, 1.165) is 5.56 Å². The highest BCUT2D eigenvalue weighted by atomic mass is 16.6. The Morgan fingerprint density at radius 3 is 2.48 bits per heavy atom. The first-order valence-electron chi connectivity index (χ1n) is 6.19. The van der Waals surface area contributed by atoms with Gasteiger partial charge < -0.3 is 5.32 Å². The summed E-state index contributed by atoms with van der Waals surface area (Å²) in [5, 5.41) is 24.6. The van der Waals surface area contributed by atoms with Gasteiger partial charge in [0, 0.05) is 24.7 Å². The fourth-order valence-electron chi connectivity index (χ4n) is 1.93. The molecule has 2 rings (SSSR count). The first-order chi connectivity index (χ1) is 9.97. The molecule has 0 aliphatic rings. The molecular weight excluding hydrogens is 274 g/mol. The molecule has 21 heavy (non-hydrogen) atoms. The number of nitro benzene ring substituents is 2. The van der Waals surface area contributed by atoms with Crippen molar-refractivity contribution >= 4 is 17.1 Å². The molecule has 0 aliphatic heterocycles. The molecule has 7 heteroatoms. The van der Waals surface area contributed by atoms with Gasteiger partial charge in [-0.15, -0.1) is 0 Å². The number of rotatable bonds is 5. The van der Waals surface area contributed by atoms with E-state index >= 15 is 0 Å². The summed E-state index contributed by atoms with van der Waals surface area (Å²) in [4.78, 5) is 20.7. The number of aryl methyl sites for hydroxylation is 1. The third-order valence-electron chi connectivity index (χ3n) is 2.95. The van der Waals surface area contributed by atoms with Gasteiger partial charge in [0.1, 0.15) is 5.69 Å². The maximum absolute atomic E-state index is 11.0. The Labute approximate surface area is 120 Å². The van der Waals surface area contributed by atoms with Gasteiger partial charge in [0.2, 0.25) is 0 Å². The minimum absolute atomic E-state index is 0.00644. The van der Waals surface area contributed by atoms with Gasteiger partial charge in [-0.05, 0) is 24.1 Å². The second-order valence-electron chi connectivity index (χ2n) is 4.56. The van der Waals surface area contributed by atoms with Crippen molar-refractivity contribution < 1.29 is 9.85 Å². The molecule has 0 aromatic heterocycles. The smallest absolute Gasteiger partial charge is 0.292 e. The number of benzene rings is 2. The number of nitrogens with zero attached hydrogens (tertiary/aromatic N) is 2. The largest absolute Gasteiger partial charge is 0.375 e. The average molecular weight is 287 g/mol. The predicted molar refractivity (Wildman–Crippen MR) is 78.3 cm³/mol. The lowest BCUT2D eigenvalue weighted by Gasteiger charge is -2.08. The van der Waals surface area contributed by atoms with Crippen molar-refractivity contribution in [3.05, 3.63) is 73.8 Å². The van der Waals surface area contributed by atoms with E-state index in [1.165, 1.54) is 18.2 Å². The highest BCUT2D eigenvalue weighted by Crippen LogP contribution is 2.26. The van der Waals surface area contributed by atoms with E-state index < -0.39 is 9.85 Å². The second kappa shape index (κ2) is 6.00. The fourth-order valence-corrected chi connectivity index (χ4v) is 1.93. The van der Waals surface area contributed by atoms with Crippen LogP contribution >= 0.6 is 0 Å². The van der Waals surface area contributed by atoms with E-state index in [2.05, 4.69) is 5.32 Å². The Morgan fingerprint density at radius 1 is 1.05 bits per heavy atom. The molecule has 108 valence electrons. The van der Waals surface area contributed by atoms with Crippen molar-refractivity contribution in [2.75, 3.05) is 5.32 Å². The Hall–Kier alpha value is -2.96. The summed E-state index contributed by atoms with van der Waals surface area (Å²) < 4.78 is 0. The third kappa shape index (κ3) is 3.53. The van der Waals surface area contributed by atoms with Crippen LogP contribution < -0.4 is 5.32 Å². The lowest BCUT2D eigenvalue weighted by atomic mass is 10.1. The molecule has 0 saturated carbocycles. The zero-order valence-electron chi connectivity index (χ0n) is 11.3. The summed E-state index contributed by atoms with van der Waals surface area (Å²) >= 11 is 0. The van der Waals surface area contributed by atoms with Crippen LogP contribution in [0.5, 0.6) is 0 Å². The standard InChI is InChI=1S/C14H13N3O4/c1-10-5-6-14(17(20)21)13(7-10)15-9-11-3-2-4-12(8-11)16(18)19/h2-8,15H,9H2,1H3. The lowest BCUT2D eigenvalue weighted by molar-refractivity contribution is -0.384. The first-order valence-corrected chi connectivity index (χ1v) is 6.19. The number of nitrogens with one attached hydrogen (secondary N) is 1. The topological polar surface area (TPSA) is 98.3 Å². The Bertz CT molecular complexity index is 700. The van der Waals surface area contributed by atoms with E-state index in [9.17, 15) is 20.2 Å². The van der Waals surface area contributed by atoms with Crippen molar-refractivity contribution in [3.63, 3.8) is 0 Å². The van der Waals surface area contributed by atoms with Crippen LogP contribution in [0.15, 0.2) is 42.5 Å². The van der Waals surface area contributed by atoms with Crippen LogP contribution in [0.4, 0.5) is 17.1 Å². The summed E-state index contributed by atoms with van der Waals surface area (Å²) in [6, 6.07) is 10.9. The molecule has 0 atom stereocenters. The normalized spacial score (nSPS) is 10.1. The van der Waals surface area contributed by atoms with Crippen molar-refractivity contribution in [2.45, 2.75) is 13.5 Å². The number of non-ortho nitro benzene ring substituents is 1. The Morgan fingerprint density at radius 2 is 1.81 bits per heavy atom. The Balaban J connectivity index is 2.20. The number of nitro groups is 2. The molecule has 0 fully saturated rings. The molecule has 0 radical (unpaired) electrons. The molecule has 0 aliphatic carbocycles. The van der Waals surface area contributed by atoms with Gasteiger partial charge >= 0.3 is 0 Å². The Kier molecular flexibility index (Phi) is 4.13. The van der Waals surface area contributed by atoms with E-state index in [4.69, 9.17) is 0 Å². The molecule has 0 saturated heterocycles. The fraction of sp³-hybridized carbons (Fsp3) is 0.143. The highest BCUT2D eigenvalue weighted by molar-refractivity contribution is 5.62. The molecule has 1 N–H and O–H groups in total. The van der Waals surface area contributed by atoms with Crippen molar-refractivity contribution in [3.8, 4) is 0 Å². The first kappa shape index (κ1) is 14.4. The van der Waals surface area contributed by atoms with Gasteiger partial charge in [-0.25, -0.2) is 0 Å². The summed E-state index contributed by atoms with van der Waals surface area (Å²) in [6.45, 7) is 2.11. The van der Waals surface area contributed by atoms with Gasteiger partial charge in [0.05, 0.1) is 9.85 Å². The van der Waals surface area contributed by atoms with Crippen molar-refractivity contribution in [1.82, 2.24) is 0 Å². The van der Waals surface area contributed by atoms with E-state index in [1.807, 2.05) is 6.92 Å². The maximum atomic E-state index is 11.0. The zero-order chi connectivity index (χ0) is 15.4. The van der Waals surface area contributed by atoms with Crippen LogP contribution in [-0.2, 0) is 6.54 Å². The van der Waals surface area contributed by atoms with Crippen LogP contribution in [0, 0.1) is 27.2 Å². The zero-order valence-corrected chi connectivity index (χ0v) is 11.3. The van der Waals surface area contributed by atoms with Crippen molar-refractivity contribution in [1.29, 1.82) is 0 Å². The highest BCUT2D eigenvalue weighted by Gasteiger charge is 2.13. The summed E-state index contributed by atoms with van der Waals surface area (Å²) in [7, 11) is 0. The van der Waals surface area contributed by atoms with Gasteiger partial charge in [-0.3, -0.25) is 20.2 Å². The lowest BCUT2D eigenvalue weighted by Crippen LogP contribution is -2.03. The summed E-state index contributed by atoms with van der Waals surface area (Å²) in [5.41, 5.74) is 1.94. The molecule has 0 heterocycles. The van der Waals surface area contributed by atoms with Crippen LogP contribution in [0.2, 0.25) is 0 Å². The SMILES string of the molecule is Cc1ccc([N+](=O)[O-])c(NCc2cccc([N+](=O)[O-])c2)c1. The van der Waals surface area contributed by atoms with Crippen LogP contribution in [0.1, 0.15) is 11.1 Å². The second-order valence-corrected chi connectivity index (χ2v) is 4.56. The van der Waals surface area contributed by atoms with E-state index in [-0.39, 0.29) is 17.9 Å². The van der Waals surface area contributed by atoms with Crippen LogP contribution in [-0.4, -0.2) is 9.85 Å². The van der Waals surface area contributed by atoms with Crippen LogP contribution in [0.25, 0.3) is 0 Å². The third-order valence-corrected chi connectivity index (χ3v) is 2.95. The molecule has 0 spiro atoms. The molecule has 0 bridgehead atoms. The van der Waals surface area contributed by atoms with Gasteiger partial charge in [-0.2, -0.15) is 0 Å². The van der Waals surface area contributed by atoms with Crippen LogP contribution in [0.3, 0.4) is 0 Å². The van der Waals surface area contributed by atoms with E-state index in [0.29, 0.717) is 11.3 Å². The minimum atomic E-state index is -0.474. The quantitative estimate of drug-likeness (QED) is 0.671. The van der Waals surface area contributed by atoms with Gasteiger partial charge in [-0.1, -0.05) is 18.2 Å². The van der Waals surface area contributed by atoms with Gasteiger partial charge in [0.15, 0.2) is 0 Å². The molecule has 0 unspecified atom stereocenters. The molecule has 2 aromatic rings. The van der Waals surface area contributed by atoms with Crippen molar-refractivity contribution in [2.24, 2.45) is 0 Å². The molecule has 7 nitrogen and oxygen atoms in total. The summed E-state index contributed by atoms with van der Waals surface area (Å²) in [6.07, 6.45) is 0. The molecular formula is C14H13N3O4. The predicted octanol–water partition coefficient (Wildman–Crippen LogP) is 3.42.